The Morgan fingerprint density at radius 3 is 1.72 bits per heavy atom. The predicted octanol–water partition coefficient (Wildman–Crippen LogP) is 3.88. The van der Waals surface area contributed by atoms with Gasteiger partial charge >= 0.3 is 12.0 Å². The van der Waals surface area contributed by atoms with Gasteiger partial charge in [-0.15, -0.1) is 0 Å². The number of ether oxygens (including phenoxy) is 2. The minimum Gasteiger partial charge on any atom is -0.337 e. The van der Waals surface area contributed by atoms with Crippen LogP contribution in [0.15, 0.2) is 60.7 Å². The van der Waals surface area contributed by atoms with E-state index in [4.69, 9.17) is 9.47 Å². The van der Waals surface area contributed by atoms with Crippen LogP contribution in [0.5, 0.6) is 0 Å². The van der Waals surface area contributed by atoms with Crippen molar-refractivity contribution < 1.29 is 27.4 Å². The van der Waals surface area contributed by atoms with Gasteiger partial charge in [-0.2, -0.15) is 13.2 Å². The van der Waals surface area contributed by atoms with E-state index in [0.29, 0.717) is 0 Å². The Bertz CT molecular complexity index is 688. The highest BCUT2D eigenvalue weighted by Gasteiger charge is 2.37. The summed E-state index contributed by atoms with van der Waals surface area (Å²) in [6.07, 6.45) is -6.26. The molecule has 0 aliphatic carbocycles. The molecule has 0 unspecified atom stereocenters. The molecule has 0 N–H and O–H groups in total. The van der Waals surface area contributed by atoms with Gasteiger partial charge in [0.2, 0.25) is 6.29 Å². The van der Waals surface area contributed by atoms with Crippen molar-refractivity contribution in [1.29, 1.82) is 0 Å². The first kappa shape index (κ1) is 18.7. The molecule has 0 aliphatic rings. The van der Waals surface area contributed by atoms with Crippen LogP contribution in [0.4, 0.5) is 13.2 Å². The van der Waals surface area contributed by atoms with Gasteiger partial charge in [-0.1, -0.05) is 60.7 Å². The number of hydrogen-bond acceptors (Lipinski definition) is 3. The van der Waals surface area contributed by atoms with Crippen LogP contribution in [0.1, 0.15) is 11.1 Å². The van der Waals surface area contributed by atoms with Crippen LogP contribution in [0.25, 0.3) is 0 Å². The smallest absolute Gasteiger partial charge is 0.337 e. The first-order chi connectivity index (χ1) is 11.9. The van der Waals surface area contributed by atoms with E-state index in [-0.39, 0.29) is 13.2 Å². The summed E-state index contributed by atoms with van der Waals surface area (Å²) in [7, 11) is 0. The normalized spacial score (nSPS) is 11.0. The zero-order chi connectivity index (χ0) is 18.1. The molecule has 0 amide bonds. The highest BCUT2D eigenvalue weighted by molar-refractivity contribution is 5.99. The second kappa shape index (κ2) is 9.02. The van der Waals surface area contributed by atoms with Gasteiger partial charge in [0.05, 0.1) is 13.2 Å². The summed E-state index contributed by atoms with van der Waals surface area (Å²) in [5.74, 6) is 1.50. The molecule has 2 aromatic carbocycles. The highest BCUT2D eigenvalue weighted by Crippen LogP contribution is 2.15. The van der Waals surface area contributed by atoms with E-state index in [1.165, 1.54) is 5.92 Å². The minimum absolute atomic E-state index is 0.0924. The molecular weight excluding hydrogens is 333 g/mol. The lowest BCUT2D eigenvalue weighted by molar-refractivity contribution is -0.164. The van der Waals surface area contributed by atoms with Crippen molar-refractivity contribution in [1.82, 2.24) is 0 Å². The van der Waals surface area contributed by atoms with E-state index >= 15 is 0 Å². The molecule has 0 aromatic heterocycles. The lowest BCUT2D eigenvalue weighted by atomic mass is 10.2. The molecule has 0 aliphatic heterocycles. The van der Waals surface area contributed by atoms with Crippen molar-refractivity contribution in [3.05, 3.63) is 71.8 Å². The number of ketones is 1. The third-order valence-electron chi connectivity index (χ3n) is 3.05. The van der Waals surface area contributed by atoms with Gasteiger partial charge in [-0.25, -0.2) is 0 Å². The average molecular weight is 348 g/mol. The van der Waals surface area contributed by atoms with Crippen molar-refractivity contribution in [2.75, 3.05) is 0 Å². The largest absolute Gasteiger partial charge is 0.462 e. The third kappa shape index (κ3) is 6.79. The van der Waals surface area contributed by atoms with Crippen LogP contribution >= 0.6 is 0 Å². The number of benzene rings is 2. The fourth-order valence-electron chi connectivity index (χ4n) is 1.82. The molecule has 2 aromatic rings. The van der Waals surface area contributed by atoms with Crippen LogP contribution in [0.3, 0.4) is 0 Å². The summed E-state index contributed by atoms with van der Waals surface area (Å²) < 4.78 is 47.6. The number of carbonyl (C=O) groups excluding carboxylic acids is 1. The number of carbonyl (C=O) groups is 1. The number of hydrogen-bond donors (Lipinski definition) is 0. The van der Waals surface area contributed by atoms with Gasteiger partial charge < -0.3 is 9.47 Å². The number of halogens is 3. The van der Waals surface area contributed by atoms with Gasteiger partial charge in [0.25, 0.3) is 0 Å². The molecule has 0 heterocycles. The Balaban J connectivity index is 2.02. The molecule has 0 fully saturated rings. The average Bonchev–Trinajstić information content (AvgIpc) is 2.61. The molecule has 3 nitrogen and oxygen atoms in total. The standard InChI is InChI=1S/C19H15F3O3/c20-19(21,22)17(23)11-12-18(24-13-15-7-3-1-4-8-15)25-14-16-9-5-2-6-10-16/h1-10,18H,13-14H2. The molecule has 0 spiro atoms. The monoisotopic (exact) mass is 348 g/mol. The molecule has 2 rings (SSSR count). The topological polar surface area (TPSA) is 35.5 Å². The van der Waals surface area contributed by atoms with Crippen molar-refractivity contribution in [2.24, 2.45) is 0 Å². The molecule has 130 valence electrons. The molecule has 6 heteroatoms. The van der Waals surface area contributed by atoms with E-state index < -0.39 is 18.2 Å². The molecule has 0 saturated heterocycles. The molecule has 0 saturated carbocycles. The SMILES string of the molecule is O=C(C#CC(OCc1ccccc1)OCc1ccccc1)C(F)(F)F. The number of rotatable bonds is 6. The lowest BCUT2D eigenvalue weighted by Crippen LogP contribution is -2.22. The Labute approximate surface area is 143 Å². The fraction of sp³-hybridized carbons (Fsp3) is 0.211. The van der Waals surface area contributed by atoms with E-state index in [9.17, 15) is 18.0 Å². The van der Waals surface area contributed by atoms with Crippen molar-refractivity contribution in [3.8, 4) is 11.8 Å². The van der Waals surface area contributed by atoms with Crippen LogP contribution < -0.4 is 0 Å². The van der Waals surface area contributed by atoms with Crippen molar-refractivity contribution >= 4 is 5.78 Å². The highest BCUT2D eigenvalue weighted by atomic mass is 19.4. The van der Waals surface area contributed by atoms with Crippen LogP contribution in [0.2, 0.25) is 0 Å². The summed E-state index contributed by atoms with van der Waals surface area (Å²) >= 11 is 0. The summed E-state index contributed by atoms with van der Waals surface area (Å²) in [6, 6.07) is 18.0. The van der Waals surface area contributed by atoms with Gasteiger partial charge in [0, 0.05) is 0 Å². The van der Waals surface area contributed by atoms with Gasteiger partial charge in [0.1, 0.15) is 0 Å². The van der Waals surface area contributed by atoms with Crippen molar-refractivity contribution in [3.63, 3.8) is 0 Å². The van der Waals surface area contributed by atoms with Gasteiger partial charge in [-0.3, -0.25) is 4.79 Å². The lowest BCUT2D eigenvalue weighted by Gasteiger charge is -2.13. The summed E-state index contributed by atoms with van der Waals surface area (Å²) in [4.78, 5) is 10.9. The Morgan fingerprint density at radius 2 is 1.32 bits per heavy atom. The Hall–Kier alpha value is -2.62. The van der Waals surface area contributed by atoms with Crippen LogP contribution in [0, 0.1) is 11.8 Å². The second-order valence-corrected chi connectivity index (χ2v) is 5.02. The maximum atomic E-state index is 12.3. The molecule has 0 radical (unpaired) electrons. The molecular formula is C19H15F3O3. The van der Waals surface area contributed by atoms with Crippen LogP contribution in [-0.4, -0.2) is 18.2 Å². The molecule has 0 atom stereocenters. The van der Waals surface area contributed by atoms with Crippen LogP contribution in [-0.2, 0) is 27.5 Å². The number of alkyl halides is 3. The zero-order valence-corrected chi connectivity index (χ0v) is 13.1. The van der Waals surface area contributed by atoms with E-state index in [1.54, 1.807) is 48.5 Å². The van der Waals surface area contributed by atoms with Crippen molar-refractivity contribution in [2.45, 2.75) is 25.7 Å². The Kier molecular flexibility index (Phi) is 6.75. The first-order valence-electron chi connectivity index (χ1n) is 7.39. The third-order valence-corrected chi connectivity index (χ3v) is 3.05. The maximum Gasteiger partial charge on any atom is 0.462 e. The quantitative estimate of drug-likeness (QED) is 0.451. The Morgan fingerprint density at radius 1 is 0.880 bits per heavy atom. The minimum atomic E-state index is -5.00. The zero-order valence-electron chi connectivity index (χ0n) is 13.1. The fourth-order valence-corrected chi connectivity index (χ4v) is 1.82. The van der Waals surface area contributed by atoms with E-state index in [1.807, 2.05) is 12.1 Å². The summed E-state index contributed by atoms with van der Waals surface area (Å²) in [5, 5.41) is 0. The van der Waals surface area contributed by atoms with E-state index in [2.05, 4.69) is 5.92 Å². The second-order valence-electron chi connectivity index (χ2n) is 5.02. The maximum absolute atomic E-state index is 12.3. The molecule has 0 bridgehead atoms. The summed E-state index contributed by atoms with van der Waals surface area (Å²) in [6.45, 7) is 0.185. The van der Waals surface area contributed by atoms with E-state index in [0.717, 1.165) is 11.1 Å². The molecule has 25 heavy (non-hydrogen) atoms. The first-order valence-corrected chi connectivity index (χ1v) is 7.39. The summed E-state index contributed by atoms with van der Waals surface area (Å²) in [5.41, 5.74) is 1.61. The predicted molar refractivity (Wildman–Crippen MR) is 85.1 cm³/mol. The van der Waals surface area contributed by atoms with Gasteiger partial charge in [0.15, 0.2) is 0 Å². The van der Waals surface area contributed by atoms with Gasteiger partial charge in [-0.05, 0) is 23.0 Å². The number of Topliss-reactive ketones (excluding diaryl/α,β-unsaturated/α-hetero) is 1.